The van der Waals surface area contributed by atoms with Crippen LogP contribution in [-0.4, -0.2) is 39.3 Å². The predicted octanol–water partition coefficient (Wildman–Crippen LogP) is 1.57. The van der Waals surface area contributed by atoms with Gasteiger partial charge in [0.1, 0.15) is 10.9 Å². The molecule has 0 fully saturated rings. The third kappa shape index (κ3) is 4.06. The van der Waals surface area contributed by atoms with Gasteiger partial charge in [0.25, 0.3) is 0 Å². The van der Waals surface area contributed by atoms with E-state index in [9.17, 15) is 13.2 Å². The lowest BCUT2D eigenvalue weighted by Crippen LogP contribution is -2.44. The van der Waals surface area contributed by atoms with E-state index >= 15 is 0 Å². The van der Waals surface area contributed by atoms with E-state index in [1.54, 1.807) is 0 Å². The molecule has 1 atom stereocenters. The number of benzene rings is 1. The van der Waals surface area contributed by atoms with Crippen LogP contribution in [0.2, 0.25) is 10.0 Å². The molecule has 0 bridgehead atoms. The topological polar surface area (TPSA) is 92.7 Å². The second-order valence-electron chi connectivity index (χ2n) is 3.58. The Morgan fingerprint density at radius 2 is 1.95 bits per heavy atom. The van der Waals surface area contributed by atoms with Crippen molar-refractivity contribution >= 4 is 55.1 Å². The normalized spacial score (nSPS) is 13.1. The zero-order valence-electron chi connectivity index (χ0n) is 10.1. The van der Waals surface area contributed by atoms with Crippen molar-refractivity contribution in [2.24, 2.45) is 0 Å². The number of ether oxygens (including phenoxy) is 1. The lowest BCUT2D eigenvalue weighted by molar-refractivity contribution is -0.143. The zero-order valence-corrected chi connectivity index (χ0v) is 14.0. The van der Waals surface area contributed by atoms with Gasteiger partial charge in [-0.05, 0) is 12.1 Å². The summed E-state index contributed by atoms with van der Waals surface area (Å²) in [4.78, 5) is 10.9. The van der Waals surface area contributed by atoms with Crippen LogP contribution in [0.3, 0.4) is 0 Å². The largest absolute Gasteiger partial charge is 0.468 e. The van der Waals surface area contributed by atoms with Gasteiger partial charge in [-0.3, -0.25) is 4.79 Å². The first kappa shape index (κ1) is 17.7. The van der Waals surface area contributed by atoms with Gasteiger partial charge >= 0.3 is 5.97 Å². The fourth-order valence-corrected chi connectivity index (χ4v) is 4.45. The zero-order chi connectivity index (χ0) is 15.5. The van der Waals surface area contributed by atoms with Crippen LogP contribution in [0.1, 0.15) is 0 Å². The smallest absolute Gasteiger partial charge is 0.326 e. The number of sulfonamides is 1. The summed E-state index contributed by atoms with van der Waals surface area (Å²) in [6.45, 7) is -0.766. The number of halogens is 3. The highest BCUT2D eigenvalue weighted by molar-refractivity contribution is 9.10. The van der Waals surface area contributed by atoms with Crippen molar-refractivity contribution in [3.8, 4) is 0 Å². The number of aliphatic hydroxyl groups is 1. The standard InChI is InChI=1S/C10H10BrCl2NO5S/c1-19-10(16)8(4-15)14-20(17,18)9-6(12)2-5(11)3-7(9)13/h2-3,8,14-15H,4H2,1H3. The average molecular weight is 407 g/mol. The maximum atomic E-state index is 12.2. The van der Waals surface area contributed by atoms with Gasteiger partial charge in [-0.25, -0.2) is 8.42 Å². The Hall–Kier alpha value is -0.380. The van der Waals surface area contributed by atoms with Gasteiger partial charge in [0.15, 0.2) is 0 Å². The minimum atomic E-state index is -4.20. The molecule has 10 heteroatoms. The monoisotopic (exact) mass is 405 g/mol. The molecule has 112 valence electrons. The van der Waals surface area contributed by atoms with Gasteiger partial charge in [0, 0.05) is 4.47 Å². The van der Waals surface area contributed by atoms with E-state index in [-0.39, 0.29) is 14.9 Å². The number of carbonyl (C=O) groups is 1. The van der Waals surface area contributed by atoms with Crippen molar-refractivity contribution < 1.29 is 23.1 Å². The maximum Gasteiger partial charge on any atom is 0.326 e. The summed E-state index contributed by atoms with van der Waals surface area (Å²) >= 11 is 14.8. The van der Waals surface area contributed by atoms with Crippen molar-refractivity contribution in [3.05, 3.63) is 26.7 Å². The fraction of sp³-hybridized carbons (Fsp3) is 0.300. The molecule has 0 aromatic heterocycles. The molecular weight excluding hydrogens is 397 g/mol. The van der Waals surface area contributed by atoms with Crippen molar-refractivity contribution in [3.63, 3.8) is 0 Å². The SMILES string of the molecule is COC(=O)C(CO)NS(=O)(=O)c1c(Cl)cc(Br)cc1Cl. The molecule has 1 aromatic carbocycles. The highest BCUT2D eigenvalue weighted by Gasteiger charge is 2.29. The number of hydrogen-bond acceptors (Lipinski definition) is 5. The van der Waals surface area contributed by atoms with E-state index in [1.165, 1.54) is 12.1 Å². The van der Waals surface area contributed by atoms with Gasteiger partial charge in [0.2, 0.25) is 10.0 Å². The second kappa shape index (κ2) is 7.06. The van der Waals surface area contributed by atoms with Gasteiger partial charge < -0.3 is 9.84 Å². The van der Waals surface area contributed by atoms with E-state index in [0.717, 1.165) is 7.11 Å². The van der Waals surface area contributed by atoms with Crippen molar-refractivity contribution in [1.82, 2.24) is 4.72 Å². The number of methoxy groups -OCH3 is 1. The van der Waals surface area contributed by atoms with Crippen molar-refractivity contribution in [1.29, 1.82) is 0 Å². The van der Waals surface area contributed by atoms with Crippen LogP contribution in [0.25, 0.3) is 0 Å². The quantitative estimate of drug-likeness (QED) is 0.724. The molecule has 0 spiro atoms. The van der Waals surface area contributed by atoms with Gasteiger partial charge in [0.05, 0.1) is 23.8 Å². The van der Waals surface area contributed by atoms with E-state index in [0.29, 0.717) is 4.47 Å². The number of aliphatic hydroxyl groups excluding tert-OH is 1. The summed E-state index contributed by atoms with van der Waals surface area (Å²) in [6, 6.07) is 1.24. The van der Waals surface area contributed by atoms with E-state index in [2.05, 4.69) is 20.7 Å². The Labute approximate surface area is 134 Å². The van der Waals surface area contributed by atoms with Gasteiger partial charge in [-0.1, -0.05) is 39.1 Å². The molecule has 0 aliphatic carbocycles. The summed E-state index contributed by atoms with van der Waals surface area (Å²) in [7, 11) is -3.13. The summed E-state index contributed by atoms with van der Waals surface area (Å²) in [5.41, 5.74) is 0. The Balaban J connectivity index is 3.21. The molecule has 20 heavy (non-hydrogen) atoms. The van der Waals surface area contributed by atoms with Gasteiger partial charge in [-0.15, -0.1) is 0 Å². The van der Waals surface area contributed by atoms with E-state index in [1.807, 2.05) is 4.72 Å². The lowest BCUT2D eigenvalue weighted by Gasteiger charge is -2.15. The highest BCUT2D eigenvalue weighted by Crippen LogP contribution is 2.32. The molecule has 1 aromatic rings. The van der Waals surface area contributed by atoms with Crippen molar-refractivity contribution in [2.45, 2.75) is 10.9 Å². The van der Waals surface area contributed by atoms with Crippen LogP contribution >= 0.6 is 39.1 Å². The molecule has 1 rings (SSSR count). The molecule has 6 nitrogen and oxygen atoms in total. The number of carbonyl (C=O) groups excluding carboxylic acids is 1. The second-order valence-corrected chi connectivity index (χ2v) is 6.96. The Morgan fingerprint density at radius 1 is 1.45 bits per heavy atom. The molecule has 0 radical (unpaired) electrons. The molecule has 0 saturated heterocycles. The molecular formula is C10H10BrCl2NO5S. The first-order valence-corrected chi connectivity index (χ1v) is 8.11. The summed E-state index contributed by atoms with van der Waals surface area (Å²) < 4.78 is 31.2. The predicted molar refractivity (Wildman–Crippen MR) is 77.4 cm³/mol. The van der Waals surface area contributed by atoms with Crippen LogP contribution in [0.15, 0.2) is 21.5 Å². The molecule has 1 unspecified atom stereocenters. The summed E-state index contributed by atoms with van der Waals surface area (Å²) in [5, 5.41) is 8.77. The first-order valence-electron chi connectivity index (χ1n) is 5.08. The van der Waals surface area contributed by atoms with Crippen LogP contribution < -0.4 is 4.72 Å². The molecule has 0 aliphatic rings. The third-order valence-electron chi connectivity index (χ3n) is 2.20. The Kier molecular flexibility index (Phi) is 6.24. The summed E-state index contributed by atoms with van der Waals surface area (Å²) in [6.07, 6.45) is 0. The molecule has 0 heterocycles. The molecule has 2 N–H and O–H groups in total. The number of nitrogens with one attached hydrogen (secondary N) is 1. The maximum absolute atomic E-state index is 12.2. The lowest BCUT2D eigenvalue weighted by atomic mass is 10.3. The van der Waals surface area contributed by atoms with Crippen LogP contribution in [0.4, 0.5) is 0 Å². The average Bonchev–Trinajstić information content (AvgIpc) is 2.33. The van der Waals surface area contributed by atoms with Crippen LogP contribution in [0.5, 0.6) is 0 Å². The van der Waals surface area contributed by atoms with Crippen LogP contribution in [-0.2, 0) is 19.6 Å². The number of rotatable bonds is 5. The van der Waals surface area contributed by atoms with Crippen molar-refractivity contribution in [2.75, 3.05) is 13.7 Å². The molecule has 0 amide bonds. The Bertz CT molecular complexity index is 599. The molecule has 0 aliphatic heterocycles. The first-order chi connectivity index (χ1) is 9.22. The van der Waals surface area contributed by atoms with Gasteiger partial charge in [-0.2, -0.15) is 4.72 Å². The van der Waals surface area contributed by atoms with E-state index in [4.69, 9.17) is 28.3 Å². The Morgan fingerprint density at radius 3 is 2.35 bits per heavy atom. The fourth-order valence-electron chi connectivity index (χ4n) is 1.33. The number of hydrogen-bond donors (Lipinski definition) is 2. The highest BCUT2D eigenvalue weighted by atomic mass is 79.9. The molecule has 0 saturated carbocycles. The summed E-state index contributed by atoms with van der Waals surface area (Å²) in [5.74, 6) is -0.930. The van der Waals surface area contributed by atoms with Crippen LogP contribution in [0, 0.1) is 0 Å². The van der Waals surface area contributed by atoms with E-state index < -0.39 is 28.6 Å². The minimum Gasteiger partial charge on any atom is -0.468 e. The third-order valence-corrected chi connectivity index (χ3v) is 5.05. The number of esters is 1. The minimum absolute atomic E-state index is 0.126.